The Labute approximate surface area is 198 Å². The van der Waals surface area contributed by atoms with E-state index in [1.807, 2.05) is 33.8 Å². The number of nitrogens with one attached hydrogen (secondary N) is 1. The van der Waals surface area contributed by atoms with E-state index in [2.05, 4.69) is 10.3 Å². The zero-order valence-corrected chi connectivity index (χ0v) is 20.8. The molecule has 3 aromatic rings. The monoisotopic (exact) mass is 491 g/mol. The zero-order chi connectivity index (χ0) is 23.5. The summed E-state index contributed by atoms with van der Waals surface area (Å²) in [6.07, 6.45) is 0. The number of carbonyl (C=O) groups excluding carboxylic acids is 1. The maximum atomic E-state index is 12.9. The first-order valence-electron chi connectivity index (χ1n) is 10.3. The van der Waals surface area contributed by atoms with Crippen LogP contribution in [0.4, 0.5) is 5.69 Å². The minimum Gasteiger partial charge on any atom is -0.325 e. The summed E-state index contributed by atoms with van der Waals surface area (Å²) in [5.41, 5.74) is 2.27. The van der Waals surface area contributed by atoms with E-state index in [0.29, 0.717) is 34.3 Å². The third kappa shape index (κ3) is 5.43. The van der Waals surface area contributed by atoms with Crippen molar-refractivity contribution in [3.63, 3.8) is 0 Å². The minimum atomic E-state index is -3.54. The number of fused-ring (bicyclic) bond motifs is 1. The fourth-order valence-electron chi connectivity index (χ4n) is 3.29. The highest BCUT2D eigenvalue weighted by atomic mass is 35.5. The summed E-state index contributed by atoms with van der Waals surface area (Å²) in [6.45, 7) is 8.21. The number of hydrogen-bond donors (Lipinski definition) is 1. The third-order valence-electron chi connectivity index (χ3n) is 5.09. The van der Waals surface area contributed by atoms with Crippen LogP contribution >= 0.6 is 23.4 Å². The molecule has 0 aliphatic rings. The van der Waals surface area contributed by atoms with Crippen molar-refractivity contribution < 1.29 is 13.2 Å². The lowest BCUT2D eigenvalue weighted by molar-refractivity contribution is -0.115. The molecular formula is C23H26ClN3O3S2. The minimum absolute atomic E-state index is 0.141. The first kappa shape index (κ1) is 24.5. The van der Waals surface area contributed by atoms with E-state index in [0.717, 1.165) is 10.9 Å². The van der Waals surface area contributed by atoms with E-state index in [1.165, 1.54) is 16.1 Å². The Kier molecular flexibility index (Phi) is 7.82. The van der Waals surface area contributed by atoms with Crippen LogP contribution in [-0.4, -0.2) is 42.0 Å². The first-order chi connectivity index (χ1) is 15.1. The van der Waals surface area contributed by atoms with Crippen molar-refractivity contribution in [2.75, 3.05) is 18.4 Å². The van der Waals surface area contributed by atoms with Crippen molar-refractivity contribution in [2.45, 2.75) is 42.9 Å². The Balaban J connectivity index is 1.81. The van der Waals surface area contributed by atoms with Crippen molar-refractivity contribution in [3.8, 4) is 0 Å². The molecule has 0 saturated carbocycles. The molecule has 1 heterocycles. The van der Waals surface area contributed by atoms with E-state index in [4.69, 9.17) is 11.6 Å². The number of halogens is 1. The average Bonchev–Trinajstić information content (AvgIpc) is 2.75. The number of aryl methyl sites for hydroxylation is 1. The van der Waals surface area contributed by atoms with Crippen molar-refractivity contribution in [1.82, 2.24) is 9.29 Å². The van der Waals surface area contributed by atoms with Gasteiger partial charge in [0.25, 0.3) is 0 Å². The molecule has 1 N–H and O–H groups in total. The van der Waals surface area contributed by atoms with Crippen LogP contribution in [0.2, 0.25) is 5.02 Å². The molecule has 170 valence electrons. The van der Waals surface area contributed by atoms with Gasteiger partial charge in [-0.05, 0) is 67.9 Å². The molecule has 0 aliphatic carbocycles. The number of amides is 1. The lowest BCUT2D eigenvalue weighted by Crippen LogP contribution is -2.30. The molecule has 0 radical (unpaired) electrons. The topological polar surface area (TPSA) is 79.4 Å². The summed E-state index contributed by atoms with van der Waals surface area (Å²) in [5.74, 6) is -0.141. The molecule has 32 heavy (non-hydrogen) atoms. The second-order valence-electron chi connectivity index (χ2n) is 7.30. The van der Waals surface area contributed by atoms with Gasteiger partial charge in [0, 0.05) is 29.2 Å². The van der Waals surface area contributed by atoms with Gasteiger partial charge in [0.2, 0.25) is 15.9 Å². The van der Waals surface area contributed by atoms with Crippen molar-refractivity contribution in [2.24, 2.45) is 0 Å². The molecule has 9 heteroatoms. The van der Waals surface area contributed by atoms with Gasteiger partial charge in [-0.15, -0.1) is 0 Å². The molecule has 1 unspecified atom stereocenters. The number of rotatable bonds is 8. The molecule has 6 nitrogen and oxygen atoms in total. The molecule has 1 atom stereocenters. The van der Waals surface area contributed by atoms with Gasteiger partial charge in [-0.1, -0.05) is 37.2 Å². The highest BCUT2D eigenvalue weighted by molar-refractivity contribution is 8.00. The number of carbonyl (C=O) groups is 1. The maximum Gasteiger partial charge on any atom is 0.243 e. The lowest BCUT2D eigenvalue weighted by Gasteiger charge is -2.19. The maximum absolute atomic E-state index is 12.9. The molecule has 0 fully saturated rings. The zero-order valence-electron chi connectivity index (χ0n) is 18.4. The Morgan fingerprint density at radius 3 is 2.41 bits per heavy atom. The van der Waals surface area contributed by atoms with E-state index < -0.39 is 10.0 Å². The van der Waals surface area contributed by atoms with E-state index in [1.54, 1.807) is 42.5 Å². The van der Waals surface area contributed by atoms with Crippen LogP contribution in [-0.2, 0) is 14.8 Å². The predicted octanol–water partition coefficient (Wildman–Crippen LogP) is 5.35. The largest absolute Gasteiger partial charge is 0.325 e. The van der Waals surface area contributed by atoms with Gasteiger partial charge in [-0.25, -0.2) is 13.4 Å². The van der Waals surface area contributed by atoms with Crippen molar-refractivity contribution in [3.05, 3.63) is 59.1 Å². The second kappa shape index (κ2) is 10.2. The fraction of sp³-hybridized carbons (Fsp3) is 0.304. The molecule has 2 aromatic carbocycles. The van der Waals surface area contributed by atoms with Crippen LogP contribution < -0.4 is 5.32 Å². The molecule has 0 saturated heterocycles. The van der Waals surface area contributed by atoms with Gasteiger partial charge in [0.05, 0.1) is 20.7 Å². The normalized spacial score (nSPS) is 12.8. The SMILES string of the molecule is CCN(CC)S(=O)(=O)c1ccc2nc(SC(C)C(=O)Nc3ccc(Cl)cc3)cc(C)c2c1. The molecule has 1 amide bonds. The Morgan fingerprint density at radius 1 is 1.12 bits per heavy atom. The summed E-state index contributed by atoms with van der Waals surface area (Å²) >= 11 is 7.23. The van der Waals surface area contributed by atoms with Gasteiger partial charge in [0.1, 0.15) is 0 Å². The van der Waals surface area contributed by atoms with Gasteiger partial charge < -0.3 is 5.32 Å². The van der Waals surface area contributed by atoms with Crippen molar-refractivity contribution in [1.29, 1.82) is 0 Å². The number of hydrogen-bond acceptors (Lipinski definition) is 5. The van der Waals surface area contributed by atoms with E-state index in [-0.39, 0.29) is 16.1 Å². The number of pyridine rings is 1. The van der Waals surface area contributed by atoms with E-state index >= 15 is 0 Å². The lowest BCUT2D eigenvalue weighted by atomic mass is 10.1. The van der Waals surface area contributed by atoms with Crippen LogP contribution in [0.15, 0.2) is 58.5 Å². The summed E-state index contributed by atoms with van der Waals surface area (Å²) in [5, 5.41) is 4.58. The van der Waals surface area contributed by atoms with Gasteiger partial charge in [-0.2, -0.15) is 4.31 Å². The average molecular weight is 492 g/mol. The molecule has 1 aromatic heterocycles. The summed E-state index contributed by atoms with van der Waals surface area (Å²) < 4.78 is 27.1. The number of benzene rings is 2. The van der Waals surface area contributed by atoms with E-state index in [9.17, 15) is 13.2 Å². The number of sulfonamides is 1. The van der Waals surface area contributed by atoms with Crippen LogP contribution in [0.3, 0.4) is 0 Å². The standard InChI is InChI=1S/C23H26ClN3O3S2/c1-5-27(6-2)32(29,30)19-11-12-21-20(14-19)15(3)13-22(26-21)31-16(4)23(28)25-18-9-7-17(24)8-10-18/h7-14,16H,5-6H2,1-4H3,(H,25,28). The molecular weight excluding hydrogens is 466 g/mol. The fourth-order valence-corrected chi connectivity index (χ4v) is 5.82. The van der Waals surface area contributed by atoms with Crippen LogP contribution in [0.5, 0.6) is 0 Å². The summed E-state index contributed by atoms with van der Waals surface area (Å²) in [7, 11) is -3.54. The summed E-state index contributed by atoms with van der Waals surface area (Å²) in [6, 6.07) is 13.8. The Hall–Kier alpha value is -2.13. The Morgan fingerprint density at radius 2 is 1.78 bits per heavy atom. The first-order valence-corrected chi connectivity index (χ1v) is 13.0. The Bertz CT molecular complexity index is 1230. The molecule has 0 bridgehead atoms. The molecule has 0 aliphatic heterocycles. The van der Waals surface area contributed by atoms with Crippen LogP contribution in [0, 0.1) is 6.92 Å². The third-order valence-corrected chi connectivity index (χ3v) is 8.40. The van der Waals surface area contributed by atoms with Crippen molar-refractivity contribution >= 4 is 55.9 Å². The smallest absolute Gasteiger partial charge is 0.243 e. The molecule has 0 spiro atoms. The summed E-state index contributed by atoms with van der Waals surface area (Å²) in [4.78, 5) is 17.5. The number of nitrogens with zero attached hydrogens (tertiary/aromatic N) is 2. The van der Waals surface area contributed by atoms with Gasteiger partial charge in [-0.3, -0.25) is 4.79 Å². The number of anilines is 1. The van der Waals surface area contributed by atoms with Gasteiger partial charge in [0.15, 0.2) is 0 Å². The molecule has 3 rings (SSSR count). The number of aromatic nitrogens is 1. The quantitative estimate of drug-likeness (QED) is 0.430. The van der Waals surface area contributed by atoms with Crippen LogP contribution in [0.25, 0.3) is 10.9 Å². The van der Waals surface area contributed by atoms with Gasteiger partial charge >= 0.3 is 0 Å². The highest BCUT2D eigenvalue weighted by Gasteiger charge is 2.22. The second-order valence-corrected chi connectivity index (χ2v) is 11.0. The van der Waals surface area contributed by atoms with Crippen LogP contribution in [0.1, 0.15) is 26.3 Å². The predicted molar refractivity (Wildman–Crippen MR) is 132 cm³/mol. The number of thioether (sulfide) groups is 1. The highest BCUT2D eigenvalue weighted by Crippen LogP contribution is 2.29.